The van der Waals surface area contributed by atoms with Gasteiger partial charge >= 0.3 is 0 Å². The van der Waals surface area contributed by atoms with Crippen molar-refractivity contribution in [1.82, 2.24) is 4.98 Å². The van der Waals surface area contributed by atoms with E-state index in [1.54, 1.807) is 7.11 Å². The van der Waals surface area contributed by atoms with Gasteiger partial charge in [0, 0.05) is 0 Å². The third-order valence-electron chi connectivity index (χ3n) is 4.45. The lowest BCUT2D eigenvalue weighted by atomic mass is 9.84. The molecule has 4 rings (SSSR count). The number of allylic oxidation sites excluding steroid dienone is 2. The number of halogens is 1. The Kier molecular flexibility index (Phi) is 3.73. The molecule has 0 fully saturated rings. The zero-order chi connectivity index (χ0) is 16.6. The Hall–Kier alpha value is -2.39. The Morgan fingerprint density at radius 2 is 1.62 bits per heavy atom. The van der Waals surface area contributed by atoms with Crippen molar-refractivity contribution < 1.29 is 4.74 Å². The van der Waals surface area contributed by atoms with E-state index in [4.69, 9.17) is 9.72 Å². The van der Waals surface area contributed by atoms with Crippen LogP contribution in [0.3, 0.4) is 0 Å². The lowest BCUT2D eigenvalue weighted by Crippen LogP contribution is -2.15. The molecule has 1 aliphatic carbocycles. The predicted molar refractivity (Wildman–Crippen MR) is 100 cm³/mol. The lowest BCUT2D eigenvalue weighted by molar-refractivity contribution is 0.414. The molecule has 0 saturated carbocycles. The second kappa shape index (κ2) is 5.91. The smallest absolute Gasteiger partial charge is 0.118 e. The van der Waals surface area contributed by atoms with Crippen molar-refractivity contribution in [2.45, 2.75) is 5.41 Å². The van der Waals surface area contributed by atoms with Crippen LogP contribution >= 0.6 is 15.9 Å². The van der Waals surface area contributed by atoms with E-state index in [-0.39, 0.29) is 5.41 Å². The summed E-state index contributed by atoms with van der Waals surface area (Å²) < 4.78 is 6.15. The van der Waals surface area contributed by atoms with E-state index in [1.165, 1.54) is 16.7 Å². The summed E-state index contributed by atoms with van der Waals surface area (Å²) in [4.78, 5) is 4.74. The molecule has 1 heterocycles. The first-order valence-electron chi connectivity index (χ1n) is 7.80. The van der Waals surface area contributed by atoms with Crippen LogP contribution < -0.4 is 4.74 Å². The van der Waals surface area contributed by atoms with Crippen LogP contribution in [0.4, 0.5) is 0 Å². The van der Waals surface area contributed by atoms with Gasteiger partial charge < -0.3 is 4.74 Å². The van der Waals surface area contributed by atoms with Crippen molar-refractivity contribution in [2.24, 2.45) is 0 Å². The highest BCUT2D eigenvalue weighted by molar-refractivity contribution is 9.10. The van der Waals surface area contributed by atoms with Crippen LogP contribution in [-0.2, 0) is 5.41 Å². The lowest BCUT2D eigenvalue weighted by Gasteiger charge is -2.20. The molecular weight excluding hydrogens is 362 g/mol. The quantitative estimate of drug-likeness (QED) is 0.580. The molecule has 0 aliphatic heterocycles. The monoisotopic (exact) mass is 377 g/mol. The van der Waals surface area contributed by atoms with Crippen LogP contribution in [0.15, 0.2) is 83.5 Å². The fraction of sp³-hybridized carbons (Fsp3) is 0.0952. The minimum absolute atomic E-state index is 0.266. The summed E-state index contributed by atoms with van der Waals surface area (Å²) in [6.45, 7) is 0. The number of nitrogens with zero attached hydrogens (tertiary/aromatic N) is 1. The van der Waals surface area contributed by atoms with E-state index in [1.807, 2.05) is 30.3 Å². The SMILES string of the molecule is COc1ccc(C2(c3cccc(Br)n3)C=C2c2ccccc2)cc1. The Bertz CT molecular complexity index is 903. The van der Waals surface area contributed by atoms with Gasteiger partial charge in [-0.2, -0.15) is 0 Å². The molecule has 0 spiro atoms. The maximum atomic E-state index is 5.30. The van der Waals surface area contributed by atoms with Crippen molar-refractivity contribution in [3.05, 3.63) is 100 Å². The Balaban J connectivity index is 1.83. The van der Waals surface area contributed by atoms with Gasteiger partial charge in [-0.25, -0.2) is 4.98 Å². The molecule has 3 heteroatoms. The zero-order valence-corrected chi connectivity index (χ0v) is 14.8. The normalized spacial score (nSPS) is 18.8. The molecule has 0 radical (unpaired) electrons. The van der Waals surface area contributed by atoms with Gasteiger partial charge in [-0.05, 0) is 56.9 Å². The van der Waals surface area contributed by atoms with E-state index in [9.17, 15) is 0 Å². The Labute approximate surface area is 150 Å². The second-order valence-electron chi connectivity index (χ2n) is 5.81. The zero-order valence-electron chi connectivity index (χ0n) is 13.2. The number of hydrogen-bond acceptors (Lipinski definition) is 2. The molecule has 24 heavy (non-hydrogen) atoms. The van der Waals surface area contributed by atoms with Gasteiger partial charge in [0.05, 0.1) is 18.2 Å². The van der Waals surface area contributed by atoms with E-state index < -0.39 is 0 Å². The van der Waals surface area contributed by atoms with Crippen molar-refractivity contribution in [1.29, 1.82) is 0 Å². The molecule has 1 aliphatic rings. The number of aromatic nitrogens is 1. The maximum absolute atomic E-state index is 5.30. The van der Waals surface area contributed by atoms with Crippen LogP contribution in [0.25, 0.3) is 5.57 Å². The average Bonchev–Trinajstić information content (AvgIpc) is 3.40. The topological polar surface area (TPSA) is 22.1 Å². The summed E-state index contributed by atoms with van der Waals surface area (Å²) >= 11 is 3.50. The first-order valence-corrected chi connectivity index (χ1v) is 8.59. The van der Waals surface area contributed by atoms with Gasteiger partial charge in [-0.1, -0.05) is 54.6 Å². The van der Waals surface area contributed by atoms with Gasteiger partial charge in [0.2, 0.25) is 0 Å². The highest BCUT2D eigenvalue weighted by atomic mass is 79.9. The third-order valence-corrected chi connectivity index (χ3v) is 4.89. The molecule has 1 unspecified atom stereocenters. The van der Waals surface area contributed by atoms with Gasteiger partial charge in [0.15, 0.2) is 0 Å². The maximum Gasteiger partial charge on any atom is 0.118 e. The summed E-state index contributed by atoms with van der Waals surface area (Å²) in [7, 11) is 1.69. The first-order chi connectivity index (χ1) is 11.7. The molecule has 2 aromatic carbocycles. The molecule has 0 bridgehead atoms. The predicted octanol–water partition coefficient (Wildman–Crippen LogP) is 5.24. The first kappa shape index (κ1) is 15.2. The van der Waals surface area contributed by atoms with Crippen molar-refractivity contribution in [2.75, 3.05) is 7.11 Å². The van der Waals surface area contributed by atoms with E-state index >= 15 is 0 Å². The van der Waals surface area contributed by atoms with Gasteiger partial charge in [-0.15, -0.1) is 0 Å². The van der Waals surface area contributed by atoms with Gasteiger partial charge in [0.1, 0.15) is 10.4 Å². The molecule has 3 aromatic rings. The molecule has 0 amide bonds. The summed E-state index contributed by atoms with van der Waals surface area (Å²) in [5.74, 6) is 0.859. The van der Waals surface area contributed by atoms with Crippen LogP contribution in [0.5, 0.6) is 5.75 Å². The largest absolute Gasteiger partial charge is 0.497 e. The van der Waals surface area contributed by atoms with Gasteiger partial charge in [-0.3, -0.25) is 0 Å². The van der Waals surface area contributed by atoms with Crippen molar-refractivity contribution in [3.8, 4) is 5.75 Å². The summed E-state index contributed by atoms with van der Waals surface area (Å²) in [6, 6.07) is 24.8. The van der Waals surface area contributed by atoms with Crippen molar-refractivity contribution >= 4 is 21.5 Å². The fourth-order valence-corrected chi connectivity index (χ4v) is 3.53. The molecule has 118 valence electrons. The standard InChI is InChI=1S/C21H16BrNO/c1-24-17-12-10-16(11-13-17)21(19-8-5-9-20(22)23-19)14-18(21)15-6-3-2-4-7-15/h2-14H,1H3. The molecular formula is C21H16BrNO. The van der Waals surface area contributed by atoms with E-state index in [0.29, 0.717) is 0 Å². The van der Waals surface area contributed by atoms with Crippen LogP contribution in [0.2, 0.25) is 0 Å². The molecule has 0 saturated heterocycles. The summed E-state index contributed by atoms with van der Waals surface area (Å²) in [6.07, 6.45) is 2.29. The average molecular weight is 378 g/mol. The summed E-state index contributed by atoms with van der Waals surface area (Å²) in [5, 5.41) is 0. The summed E-state index contributed by atoms with van der Waals surface area (Å²) in [5.41, 5.74) is 4.49. The van der Waals surface area contributed by atoms with E-state index in [0.717, 1.165) is 16.0 Å². The number of benzene rings is 2. The Morgan fingerprint density at radius 1 is 0.875 bits per heavy atom. The number of rotatable bonds is 4. The highest BCUT2D eigenvalue weighted by Gasteiger charge is 2.48. The van der Waals surface area contributed by atoms with Gasteiger partial charge in [0.25, 0.3) is 0 Å². The van der Waals surface area contributed by atoms with Crippen LogP contribution in [0.1, 0.15) is 16.8 Å². The third kappa shape index (κ3) is 2.45. The van der Waals surface area contributed by atoms with E-state index in [2.05, 4.69) is 64.5 Å². The number of methoxy groups -OCH3 is 1. The number of ether oxygens (including phenoxy) is 1. The highest BCUT2D eigenvalue weighted by Crippen LogP contribution is 2.56. The number of hydrogen-bond donors (Lipinski definition) is 0. The van der Waals surface area contributed by atoms with Crippen LogP contribution in [0, 0.1) is 0 Å². The minimum atomic E-state index is -0.266. The molecule has 0 N–H and O–H groups in total. The fourth-order valence-electron chi connectivity index (χ4n) is 3.19. The van der Waals surface area contributed by atoms with Crippen LogP contribution in [-0.4, -0.2) is 12.1 Å². The molecule has 1 aromatic heterocycles. The van der Waals surface area contributed by atoms with Crippen molar-refractivity contribution in [3.63, 3.8) is 0 Å². The minimum Gasteiger partial charge on any atom is -0.497 e. The Morgan fingerprint density at radius 3 is 2.29 bits per heavy atom. The molecule has 2 nitrogen and oxygen atoms in total. The number of pyridine rings is 1. The molecule has 1 atom stereocenters. The second-order valence-corrected chi connectivity index (χ2v) is 6.62.